The summed E-state index contributed by atoms with van der Waals surface area (Å²) in [6, 6.07) is 2.04. The second-order valence-corrected chi connectivity index (χ2v) is 4.74. The molecule has 1 aliphatic rings. The van der Waals surface area contributed by atoms with Crippen LogP contribution in [-0.2, 0) is 14.3 Å². The second-order valence-electron chi connectivity index (χ2n) is 4.74. The molecular formula is C14H22N2O4. The number of rotatable bonds is 4. The van der Waals surface area contributed by atoms with Crippen LogP contribution in [0.1, 0.15) is 33.1 Å². The van der Waals surface area contributed by atoms with E-state index < -0.39 is 11.9 Å². The molecule has 0 radical (unpaired) electrons. The average Bonchev–Trinajstić information content (AvgIpc) is 2.66. The lowest BCUT2D eigenvalue weighted by atomic mass is 9.87. The average molecular weight is 282 g/mol. The number of likely N-dealkylation sites (tertiary alicyclic amines) is 1. The Morgan fingerprint density at radius 3 is 2.55 bits per heavy atom. The van der Waals surface area contributed by atoms with E-state index in [0.29, 0.717) is 26.1 Å². The summed E-state index contributed by atoms with van der Waals surface area (Å²) in [4.78, 5) is 25.1. The molecule has 0 aromatic heterocycles. The van der Waals surface area contributed by atoms with Gasteiger partial charge in [0.25, 0.3) is 0 Å². The van der Waals surface area contributed by atoms with Gasteiger partial charge in [0.05, 0.1) is 19.3 Å². The van der Waals surface area contributed by atoms with Crippen molar-refractivity contribution in [2.45, 2.75) is 33.1 Å². The predicted molar refractivity (Wildman–Crippen MR) is 71.7 cm³/mol. The van der Waals surface area contributed by atoms with Crippen LogP contribution in [0.5, 0.6) is 0 Å². The largest absolute Gasteiger partial charge is 0.465 e. The molecule has 112 valence electrons. The van der Waals surface area contributed by atoms with Gasteiger partial charge in [-0.25, -0.2) is 4.79 Å². The van der Waals surface area contributed by atoms with Gasteiger partial charge in [-0.2, -0.15) is 5.26 Å². The Bertz CT molecular complexity index is 378. The first kappa shape index (κ1) is 16.3. The number of carbonyl (C=O) groups excluding carboxylic acids is 2. The van der Waals surface area contributed by atoms with Gasteiger partial charge in [0.1, 0.15) is 5.92 Å². The van der Waals surface area contributed by atoms with E-state index in [4.69, 9.17) is 9.47 Å². The molecule has 20 heavy (non-hydrogen) atoms. The van der Waals surface area contributed by atoms with Crippen molar-refractivity contribution < 1.29 is 19.1 Å². The van der Waals surface area contributed by atoms with Crippen LogP contribution < -0.4 is 0 Å². The Morgan fingerprint density at radius 2 is 1.95 bits per heavy atom. The van der Waals surface area contributed by atoms with Crippen molar-refractivity contribution in [1.82, 2.24) is 4.90 Å². The topological polar surface area (TPSA) is 79.6 Å². The number of nitriles is 1. The normalized spacial score (nSPS) is 20.4. The quantitative estimate of drug-likeness (QED) is 0.736. The van der Waals surface area contributed by atoms with Crippen LogP contribution in [0.4, 0.5) is 4.79 Å². The highest BCUT2D eigenvalue weighted by atomic mass is 16.6. The Morgan fingerprint density at radius 1 is 1.25 bits per heavy atom. The molecule has 1 aliphatic heterocycles. The third kappa shape index (κ3) is 4.41. The van der Waals surface area contributed by atoms with Gasteiger partial charge in [-0.05, 0) is 39.0 Å². The molecule has 0 aromatic carbocycles. The lowest BCUT2D eigenvalue weighted by Crippen LogP contribution is -2.33. The lowest BCUT2D eigenvalue weighted by molar-refractivity contribution is -0.147. The second kappa shape index (κ2) is 8.41. The molecule has 6 heteroatoms. The van der Waals surface area contributed by atoms with Gasteiger partial charge in [-0.1, -0.05) is 0 Å². The zero-order valence-electron chi connectivity index (χ0n) is 12.1. The zero-order valence-corrected chi connectivity index (χ0v) is 12.1. The highest BCUT2D eigenvalue weighted by Crippen LogP contribution is 2.26. The minimum atomic E-state index is -0.739. The van der Waals surface area contributed by atoms with Gasteiger partial charge < -0.3 is 14.4 Å². The standard InChI is InChI=1S/C14H22N2O4/c1-3-19-13(17)12(10-15)11-6-5-8-16(9-7-11)14(18)20-4-2/h11-12H,3-9H2,1-2H3. The number of hydrogen-bond acceptors (Lipinski definition) is 5. The minimum Gasteiger partial charge on any atom is -0.465 e. The molecule has 6 nitrogen and oxygen atoms in total. The van der Waals surface area contributed by atoms with E-state index in [9.17, 15) is 14.9 Å². The predicted octanol–water partition coefficient (Wildman–Crippen LogP) is 1.95. The molecule has 1 saturated heterocycles. The lowest BCUT2D eigenvalue weighted by Gasteiger charge is -2.20. The summed E-state index contributed by atoms with van der Waals surface area (Å²) < 4.78 is 9.91. The minimum absolute atomic E-state index is 0.0570. The first-order chi connectivity index (χ1) is 9.63. The zero-order chi connectivity index (χ0) is 15.0. The van der Waals surface area contributed by atoms with Gasteiger partial charge in [-0.15, -0.1) is 0 Å². The van der Waals surface area contributed by atoms with Crippen molar-refractivity contribution in [2.24, 2.45) is 11.8 Å². The van der Waals surface area contributed by atoms with E-state index in [1.54, 1.807) is 18.7 Å². The fourth-order valence-corrected chi connectivity index (χ4v) is 2.44. The fourth-order valence-electron chi connectivity index (χ4n) is 2.44. The highest BCUT2D eigenvalue weighted by molar-refractivity contribution is 5.75. The summed E-state index contributed by atoms with van der Waals surface area (Å²) in [6.45, 7) is 5.24. The maximum atomic E-state index is 11.8. The Labute approximate surface area is 119 Å². The first-order valence-electron chi connectivity index (χ1n) is 7.11. The molecule has 0 bridgehead atoms. The third-order valence-electron chi connectivity index (χ3n) is 3.45. The SMILES string of the molecule is CCOC(=O)C(C#N)C1CCCN(C(=O)OCC)CC1. The molecule has 2 atom stereocenters. The van der Waals surface area contributed by atoms with Gasteiger partial charge in [-0.3, -0.25) is 4.79 Å². The summed E-state index contributed by atoms with van der Waals surface area (Å²) in [5.41, 5.74) is 0. The van der Waals surface area contributed by atoms with Crippen LogP contribution in [0.25, 0.3) is 0 Å². The van der Waals surface area contributed by atoms with Crippen LogP contribution in [0.15, 0.2) is 0 Å². The fraction of sp³-hybridized carbons (Fsp3) is 0.786. The van der Waals surface area contributed by atoms with Gasteiger partial charge in [0.2, 0.25) is 0 Å². The maximum absolute atomic E-state index is 11.8. The molecule has 1 amide bonds. The van der Waals surface area contributed by atoms with Gasteiger partial charge in [0.15, 0.2) is 0 Å². The summed E-state index contributed by atoms with van der Waals surface area (Å²) in [6.07, 6.45) is 1.81. The van der Waals surface area contributed by atoms with Crippen molar-refractivity contribution in [3.63, 3.8) is 0 Å². The Kier molecular flexibility index (Phi) is 6.85. The number of esters is 1. The van der Waals surface area contributed by atoms with Gasteiger partial charge >= 0.3 is 12.1 Å². The van der Waals surface area contributed by atoms with Crippen molar-refractivity contribution >= 4 is 12.1 Å². The summed E-state index contributed by atoms with van der Waals surface area (Å²) >= 11 is 0. The molecular weight excluding hydrogens is 260 g/mol. The number of nitrogens with zero attached hydrogens (tertiary/aromatic N) is 2. The first-order valence-corrected chi connectivity index (χ1v) is 7.11. The molecule has 1 rings (SSSR count). The Hall–Kier alpha value is -1.77. The van der Waals surface area contributed by atoms with Crippen molar-refractivity contribution in [2.75, 3.05) is 26.3 Å². The molecule has 0 aromatic rings. The van der Waals surface area contributed by atoms with E-state index in [-0.39, 0.29) is 18.6 Å². The van der Waals surface area contributed by atoms with E-state index in [2.05, 4.69) is 0 Å². The molecule has 2 unspecified atom stereocenters. The highest BCUT2D eigenvalue weighted by Gasteiger charge is 2.32. The number of ether oxygens (including phenoxy) is 2. The maximum Gasteiger partial charge on any atom is 0.409 e. The molecule has 1 heterocycles. The number of hydrogen-bond donors (Lipinski definition) is 0. The molecule has 0 aliphatic carbocycles. The molecule has 1 fully saturated rings. The van der Waals surface area contributed by atoms with Crippen molar-refractivity contribution in [3.8, 4) is 6.07 Å². The van der Waals surface area contributed by atoms with Crippen LogP contribution in [-0.4, -0.2) is 43.3 Å². The smallest absolute Gasteiger partial charge is 0.409 e. The van der Waals surface area contributed by atoms with Crippen molar-refractivity contribution in [1.29, 1.82) is 5.26 Å². The summed E-state index contributed by atoms with van der Waals surface area (Å²) in [5.74, 6) is -1.25. The van der Waals surface area contributed by atoms with Crippen LogP contribution in [0.3, 0.4) is 0 Å². The van der Waals surface area contributed by atoms with E-state index >= 15 is 0 Å². The summed E-state index contributed by atoms with van der Waals surface area (Å²) in [7, 11) is 0. The summed E-state index contributed by atoms with van der Waals surface area (Å²) in [5, 5.41) is 9.17. The third-order valence-corrected chi connectivity index (χ3v) is 3.45. The van der Waals surface area contributed by atoms with E-state index in [1.165, 1.54) is 0 Å². The molecule has 0 spiro atoms. The monoisotopic (exact) mass is 282 g/mol. The molecule has 0 N–H and O–H groups in total. The van der Waals surface area contributed by atoms with Crippen LogP contribution in [0.2, 0.25) is 0 Å². The van der Waals surface area contributed by atoms with Gasteiger partial charge in [0, 0.05) is 13.1 Å². The van der Waals surface area contributed by atoms with Crippen molar-refractivity contribution in [3.05, 3.63) is 0 Å². The number of amides is 1. The Balaban J connectivity index is 2.60. The number of carbonyl (C=O) groups is 2. The van der Waals surface area contributed by atoms with E-state index in [0.717, 1.165) is 12.8 Å². The van der Waals surface area contributed by atoms with E-state index in [1.807, 2.05) is 6.07 Å². The molecule has 0 saturated carbocycles. The van der Waals surface area contributed by atoms with Crippen LogP contribution >= 0.6 is 0 Å². The van der Waals surface area contributed by atoms with Crippen LogP contribution in [0, 0.1) is 23.2 Å².